The number of methoxy groups -OCH3 is 3. The minimum atomic E-state index is -0.934. The number of ether oxygens (including phenoxy) is 3. The number of nitrogens with zero attached hydrogens (tertiary/aromatic N) is 4. The second-order valence-electron chi connectivity index (χ2n) is 7.43. The smallest absolute Gasteiger partial charge is 0.347 e. The average Bonchev–Trinajstić information content (AvgIpc) is 3.51. The van der Waals surface area contributed by atoms with Crippen LogP contribution in [0.1, 0.15) is 20.3 Å². The molecule has 2 N–H and O–H groups in total. The quantitative estimate of drug-likeness (QED) is 0.0621. The van der Waals surface area contributed by atoms with E-state index in [0.717, 1.165) is 19.4 Å². The molecule has 0 spiro atoms. The number of nitrogens with two attached hydrogens (primary N) is 1. The second kappa shape index (κ2) is 29.1. The second-order valence-corrected chi connectivity index (χ2v) is 19.8. The molecule has 0 saturated carbocycles. The van der Waals surface area contributed by atoms with Crippen molar-refractivity contribution < 1.29 is 47.1 Å². The largest absolute Gasteiger partial charge is 0.469 e. The van der Waals surface area contributed by atoms with Crippen LogP contribution in [0.2, 0.25) is 0 Å². The van der Waals surface area contributed by atoms with Crippen LogP contribution in [0.5, 0.6) is 0 Å². The Labute approximate surface area is 310 Å². The molecule has 0 amide bonds. The van der Waals surface area contributed by atoms with Gasteiger partial charge in [-0.1, -0.05) is 101 Å². The predicted octanol–water partition coefficient (Wildman–Crippen LogP) is 4.43. The summed E-state index contributed by atoms with van der Waals surface area (Å²) in [5.41, 5.74) is 4.00. The molecule has 2 fully saturated rings. The molecule has 0 bridgehead atoms. The van der Waals surface area contributed by atoms with E-state index in [1.165, 1.54) is 21.3 Å². The fourth-order valence-electron chi connectivity index (χ4n) is 3.04. The molecule has 4 atom stereocenters. The van der Waals surface area contributed by atoms with Gasteiger partial charge >= 0.3 is 17.9 Å². The van der Waals surface area contributed by atoms with E-state index in [1.54, 1.807) is 6.07 Å². The predicted molar refractivity (Wildman–Crippen MR) is 194 cm³/mol. The molecule has 0 aromatic heterocycles. The van der Waals surface area contributed by atoms with Crippen molar-refractivity contribution in [2.24, 2.45) is 16.6 Å². The van der Waals surface area contributed by atoms with Crippen LogP contribution in [0.25, 0.3) is 0 Å². The average molecular weight is 1090 g/mol. The minimum Gasteiger partial charge on any atom is -0.469 e. The van der Waals surface area contributed by atoms with E-state index in [9.17, 15) is 14.4 Å². The Kier molecular flexibility index (Phi) is 37.1. The Hall–Kier alpha value is 1.37. The molecule has 231 valence electrons. The maximum absolute atomic E-state index is 11.4. The van der Waals surface area contributed by atoms with Gasteiger partial charge in [-0.3, -0.25) is 23.9 Å². The Morgan fingerprint density at radius 2 is 1.43 bits per heavy atom. The minimum absolute atomic E-state index is 0. The molecule has 2 heterocycles. The monoisotopic (exact) mass is 1090 g/mol. The van der Waals surface area contributed by atoms with Crippen molar-refractivity contribution >= 4 is 127 Å². The van der Waals surface area contributed by atoms with Gasteiger partial charge in [-0.2, -0.15) is 10.5 Å². The molecular formula is C22H38I4N5O6P2V-. The fraction of sp³-hybridized carbons (Fsp3) is 0.636. The summed E-state index contributed by atoms with van der Waals surface area (Å²) in [5.74, 6) is -1.28. The number of rotatable bonds is 4. The number of halogens is 4. The molecule has 0 aliphatic carbocycles. The summed E-state index contributed by atoms with van der Waals surface area (Å²) >= 11 is 8.85. The van der Waals surface area contributed by atoms with Crippen molar-refractivity contribution in [2.75, 3.05) is 54.1 Å². The zero-order valence-electron chi connectivity index (χ0n) is 21.9. The van der Waals surface area contributed by atoms with Gasteiger partial charge in [0.15, 0.2) is 5.41 Å². The molecule has 4 unspecified atom stereocenters. The number of nitriles is 2. The third-order valence-corrected chi connectivity index (χ3v) is 5.93. The van der Waals surface area contributed by atoms with Crippen molar-refractivity contribution in [1.82, 2.24) is 9.34 Å². The normalized spacial score (nSPS) is 20.6. The molecular weight excluding hydrogens is 1050 g/mol. The number of carbonyl (C=O) groups excluding carboxylic acids is 3. The first-order chi connectivity index (χ1) is 17.7. The van der Waals surface area contributed by atoms with E-state index in [4.69, 9.17) is 21.0 Å². The number of esters is 3. The maximum atomic E-state index is 11.4. The van der Waals surface area contributed by atoms with Crippen molar-refractivity contribution in [1.29, 1.82) is 10.5 Å². The number of carbonyl (C=O) groups is 3. The topological polar surface area (TPSA) is 159 Å². The van der Waals surface area contributed by atoms with Crippen molar-refractivity contribution in [2.45, 2.75) is 20.2 Å². The SMILES string of the molecule is C.C=C(C#N)C(=O)OC.COC(=O)C1(C#N)CCN(P)C1.COC(=O)C1(CN)CCN(P)C1.IC(I)I.[CH2-]I.[V]. The maximum Gasteiger partial charge on any atom is 0.347 e. The van der Waals surface area contributed by atoms with E-state index in [0.29, 0.717) is 26.1 Å². The number of hydrogen-bond donors (Lipinski definition) is 1. The van der Waals surface area contributed by atoms with Gasteiger partial charge in [-0.15, -0.1) is 0 Å². The van der Waals surface area contributed by atoms with Crippen molar-refractivity contribution in [3.8, 4) is 12.1 Å². The van der Waals surface area contributed by atoms with Crippen LogP contribution in [0, 0.1) is 38.4 Å². The van der Waals surface area contributed by atoms with Gasteiger partial charge in [0.25, 0.3) is 0 Å². The zero-order chi connectivity index (χ0) is 30.5. The van der Waals surface area contributed by atoms with Crippen LogP contribution < -0.4 is 5.73 Å². The van der Waals surface area contributed by atoms with E-state index in [2.05, 4.69) is 108 Å². The van der Waals surface area contributed by atoms with Crippen LogP contribution in [-0.2, 0) is 47.1 Å². The first-order valence-electron chi connectivity index (χ1n) is 10.4. The van der Waals surface area contributed by atoms with Crippen molar-refractivity contribution in [3.05, 3.63) is 17.1 Å². The summed E-state index contributed by atoms with van der Waals surface area (Å²) in [7, 11) is 8.98. The summed E-state index contributed by atoms with van der Waals surface area (Å²) in [6.07, 6.45) is 1.35. The number of alkyl halides is 3. The molecule has 2 aliphatic heterocycles. The first kappa shape index (κ1) is 51.0. The Morgan fingerprint density at radius 1 is 1.00 bits per heavy atom. The molecule has 2 aliphatic rings. The summed E-state index contributed by atoms with van der Waals surface area (Å²) in [6.45, 7) is 6.23. The third-order valence-electron chi connectivity index (χ3n) is 5.05. The summed E-state index contributed by atoms with van der Waals surface area (Å²) in [5, 5.41) is 16.8. The van der Waals surface area contributed by atoms with Gasteiger partial charge in [-0.05, 0) is 12.8 Å². The van der Waals surface area contributed by atoms with Gasteiger partial charge in [0.05, 0.1) is 32.8 Å². The van der Waals surface area contributed by atoms with E-state index < -0.39 is 22.8 Å². The first-order valence-corrected chi connectivity index (χ1v) is 16.7. The van der Waals surface area contributed by atoms with E-state index >= 15 is 0 Å². The standard InChI is InChI=1S/C7H15N2O2P.C7H11N2O2P.C5H5NO2.CHI3.CH2I.CH4.V/c2*1-11-6(10)7(4-8)2-3-9(12)5-7;1-4(3-6)5(7)8-2;2-1(3)4;1-2;;/h2-5,8,12H2,1H3;2-3,5,12H2,1H3;1H2,2H3;1H;1H2;1H4;/q;;;;-1;;. The Bertz CT molecular complexity index is 851. The molecule has 18 heteroatoms. The van der Waals surface area contributed by atoms with Gasteiger partial charge in [0.1, 0.15) is 11.6 Å². The van der Waals surface area contributed by atoms with Crippen molar-refractivity contribution in [3.63, 3.8) is 0 Å². The molecule has 1 radical (unpaired) electrons. The van der Waals surface area contributed by atoms with Gasteiger partial charge in [-0.25, -0.2) is 4.79 Å². The van der Waals surface area contributed by atoms with Crippen LogP contribution in [-0.4, -0.2) is 81.2 Å². The Morgan fingerprint density at radius 3 is 1.65 bits per heavy atom. The van der Waals surface area contributed by atoms with Gasteiger partial charge < -0.3 is 42.5 Å². The van der Waals surface area contributed by atoms with E-state index in [1.807, 2.05) is 38.0 Å². The molecule has 0 aromatic rings. The third kappa shape index (κ3) is 20.4. The van der Waals surface area contributed by atoms with Crippen LogP contribution in [0.3, 0.4) is 0 Å². The number of hydrogen-bond acceptors (Lipinski definition) is 11. The molecule has 2 saturated heterocycles. The van der Waals surface area contributed by atoms with Crippen LogP contribution in [0.4, 0.5) is 0 Å². The van der Waals surface area contributed by atoms with E-state index in [-0.39, 0.29) is 37.5 Å². The summed E-state index contributed by atoms with van der Waals surface area (Å²) in [6, 6.07) is 3.58. The van der Waals surface area contributed by atoms with Crippen LogP contribution >= 0.6 is 109 Å². The van der Waals surface area contributed by atoms with Crippen LogP contribution in [0.15, 0.2) is 12.2 Å². The molecule has 40 heavy (non-hydrogen) atoms. The zero-order valence-corrected chi connectivity index (χ0v) is 34.2. The van der Waals surface area contributed by atoms with Gasteiger partial charge in [0, 0.05) is 51.3 Å². The molecule has 11 nitrogen and oxygen atoms in total. The molecule has 0 aromatic carbocycles. The Balaban J connectivity index is -0.000000138. The van der Waals surface area contributed by atoms with Gasteiger partial charge in [0.2, 0.25) is 0 Å². The summed E-state index contributed by atoms with van der Waals surface area (Å²) < 4.78 is 18.1. The molecule has 2 rings (SSSR count). The fourth-order valence-corrected chi connectivity index (χ4v) is 3.96. The summed E-state index contributed by atoms with van der Waals surface area (Å²) in [4.78, 5) is 36.0.